The largest absolute Gasteiger partial charge is 0.466 e. The smallest absolute Gasteiger partial charge is 0.307 e. The molecule has 0 spiro atoms. The van der Waals surface area contributed by atoms with E-state index in [1.807, 2.05) is 6.92 Å². The van der Waals surface area contributed by atoms with Crippen LogP contribution in [0.15, 0.2) is 0 Å². The molecule has 1 aliphatic rings. The Balaban J connectivity index is 2.36. The summed E-state index contributed by atoms with van der Waals surface area (Å²) >= 11 is 0. The zero-order valence-electron chi connectivity index (χ0n) is 12.4. The number of esters is 1. The van der Waals surface area contributed by atoms with Gasteiger partial charge in [-0.1, -0.05) is 20.8 Å². The molecule has 1 atom stereocenters. The van der Waals surface area contributed by atoms with Crippen LogP contribution in [0.2, 0.25) is 0 Å². The van der Waals surface area contributed by atoms with Gasteiger partial charge >= 0.3 is 5.97 Å². The van der Waals surface area contributed by atoms with Crippen molar-refractivity contribution in [1.29, 1.82) is 0 Å². The van der Waals surface area contributed by atoms with Gasteiger partial charge < -0.3 is 10.5 Å². The van der Waals surface area contributed by atoms with Crippen molar-refractivity contribution in [3.8, 4) is 0 Å². The highest BCUT2D eigenvalue weighted by atomic mass is 16.5. The lowest BCUT2D eigenvalue weighted by Gasteiger charge is -2.38. The van der Waals surface area contributed by atoms with E-state index in [1.54, 1.807) is 0 Å². The number of nitrogens with two attached hydrogens (primary N) is 1. The van der Waals surface area contributed by atoms with Gasteiger partial charge in [-0.2, -0.15) is 0 Å². The summed E-state index contributed by atoms with van der Waals surface area (Å²) in [6.45, 7) is 9.23. The molecule has 1 rings (SSSR count). The van der Waals surface area contributed by atoms with Gasteiger partial charge in [0.25, 0.3) is 0 Å². The van der Waals surface area contributed by atoms with Crippen LogP contribution in [0.4, 0.5) is 0 Å². The number of carbonyl (C=O) groups is 1. The third-order valence-corrected chi connectivity index (χ3v) is 4.31. The molecule has 18 heavy (non-hydrogen) atoms. The molecule has 0 saturated heterocycles. The lowest BCUT2D eigenvalue weighted by molar-refractivity contribution is -0.143. The molecule has 1 fully saturated rings. The van der Waals surface area contributed by atoms with Crippen molar-refractivity contribution in [2.75, 3.05) is 6.61 Å². The highest BCUT2D eigenvalue weighted by Gasteiger charge is 2.32. The van der Waals surface area contributed by atoms with E-state index >= 15 is 0 Å². The van der Waals surface area contributed by atoms with E-state index in [0.717, 1.165) is 18.8 Å². The first-order valence-corrected chi connectivity index (χ1v) is 7.25. The highest BCUT2D eigenvalue weighted by Crippen LogP contribution is 2.40. The van der Waals surface area contributed by atoms with Gasteiger partial charge in [-0.25, -0.2) is 0 Å². The summed E-state index contributed by atoms with van der Waals surface area (Å²) in [4.78, 5) is 11.4. The standard InChI is InChI=1S/C15H29NO2/c1-5-18-14(17)10-13(16)11-6-8-12(9-7-11)15(2,3)4/h11-13H,5-10,16H2,1-4H3. The predicted octanol–water partition coefficient (Wildman–Crippen LogP) is 3.12. The summed E-state index contributed by atoms with van der Waals surface area (Å²) in [7, 11) is 0. The Morgan fingerprint density at radius 3 is 2.28 bits per heavy atom. The Kier molecular flexibility index (Phi) is 5.64. The van der Waals surface area contributed by atoms with Gasteiger partial charge in [-0.15, -0.1) is 0 Å². The Bertz CT molecular complexity index is 262. The molecular formula is C15H29NO2. The molecule has 0 aliphatic heterocycles. The van der Waals surface area contributed by atoms with E-state index in [-0.39, 0.29) is 12.0 Å². The van der Waals surface area contributed by atoms with Crippen molar-refractivity contribution in [2.45, 2.75) is 65.8 Å². The van der Waals surface area contributed by atoms with E-state index in [0.29, 0.717) is 24.4 Å². The SMILES string of the molecule is CCOC(=O)CC(N)C1CCC(C(C)(C)C)CC1. The van der Waals surface area contributed by atoms with Crippen molar-refractivity contribution >= 4 is 5.97 Å². The quantitative estimate of drug-likeness (QED) is 0.785. The molecule has 0 bridgehead atoms. The van der Waals surface area contributed by atoms with Gasteiger partial charge in [-0.3, -0.25) is 4.79 Å². The summed E-state index contributed by atoms with van der Waals surface area (Å²) in [5.41, 5.74) is 6.53. The van der Waals surface area contributed by atoms with Crippen molar-refractivity contribution in [1.82, 2.24) is 0 Å². The lowest BCUT2D eigenvalue weighted by atomic mass is 9.68. The van der Waals surface area contributed by atoms with Gasteiger partial charge in [0.2, 0.25) is 0 Å². The molecule has 1 saturated carbocycles. The fraction of sp³-hybridized carbons (Fsp3) is 0.933. The van der Waals surface area contributed by atoms with Crippen LogP contribution in [0.25, 0.3) is 0 Å². The highest BCUT2D eigenvalue weighted by molar-refractivity contribution is 5.70. The van der Waals surface area contributed by atoms with Crippen LogP contribution in [0.1, 0.15) is 59.8 Å². The molecule has 1 aliphatic carbocycles. The summed E-state index contributed by atoms with van der Waals surface area (Å²) < 4.78 is 4.96. The second kappa shape index (κ2) is 6.55. The Morgan fingerprint density at radius 1 is 1.28 bits per heavy atom. The van der Waals surface area contributed by atoms with Crippen LogP contribution in [-0.2, 0) is 9.53 Å². The van der Waals surface area contributed by atoms with Crippen LogP contribution >= 0.6 is 0 Å². The molecule has 106 valence electrons. The van der Waals surface area contributed by atoms with E-state index in [2.05, 4.69) is 20.8 Å². The monoisotopic (exact) mass is 255 g/mol. The summed E-state index contributed by atoms with van der Waals surface area (Å²) in [5, 5.41) is 0. The number of hydrogen-bond donors (Lipinski definition) is 1. The van der Waals surface area contributed by atoms with Crippen molar-refractivity contribution in [2.24, 2.45) is 23.0 Å². The minimum atomic E-state index is -0.150. The van der Waals surface area contributed by atoms with Crippen LogP contribution < -0.4 is 5.73 Å². The minimum Gasteiger partial charge on any atom is -0.466 e. The summed E-state index contributed by atoms with van der Waals surface area (Å²) in [6.07, 6.45) is 5.17. The van der Waals surface area contributed by atoms with Crippen molar-refractivity contribution in [3.05, 3.63) is 0 Å². The van der Waals surface area contributed by atoms with Gasteiger partial charge in [0, 0.05) is 6.04 Å². The van der Waals surface area contributed by atoms with Gasteiger partial charge in [0.05, 0.1) is 13.0 Å². The van der Waals surface area contributed by atoms with Gasteiger partial charge in [0.15, 0.2) is 0 Å². The van der Waals surface area contributed by atoms with Crippen molar-refractivity contribution in [3.63, 3.8) is 0 Å². The second-order valence-electron chi connectivity index (χ2n) is 6.65. The molecule has 0 aromatic heterocycles. The van der Waals surface area contributed by atoms with Gasteiger partial charge in [-0.05, 0) is 49.9 Å². The fourth-order valence-electron chi connectivity index (χ4n) is 2.99. The first-order chi connectivity index (χ1) is 8.34. The number of hydrogen-bond acceptors (Lipinski definition) is 3. The third-order valence-electron chi connectivity index (χ3n) is 4.31. The average molecular weight is 255 g/mol. The molecule has 3 heteroatoms. The van der Waals surface area contributed by atoms with Gasteiger partial charge in [0.1, 0.15) is 0 Å². The van der Waals surface area contributed by atoms with Crippen molar-refractivity contribution < 1.29 is 9.53 Å². The van der Waals surface area contributed by atoms with Crippen LogP contribution in [0.3, 0.4) is 0 Å². The lowest BCUT2D eigenvalue weighted by Crippen LogP contribution is -2.37. The first kappa shape index (κ1) is 15.5. The molecule has 1 unspecified atom stereocenters. The normalized spacial score (nSPS) is 26.7. The third kappa shape index (κ3) is 4.60. The Hall–Kier alpha value is -0.570. The topological polar surface area (TPSA) is 52.3 Å². The molecule has 3 nitrogen and oxygen atoms in total. The van der Waals surface area contributed by atoms with E-state index in [4.69, 9.17) is 10.5 Å². The molecule has 0 heterocycles. The average Bonchev–Trinajstić information content (AvgIpc) is 2.28. The Morgan fingerprint density at radius 2 is 1.83 bits per heavy atom. The molecular weight excluding hydrogens is 226 g/mol. The maximum atomic E-state index is 11.4. The molecule has 0 aromatic rings. The van der Waals surface area contributed by atoms with Crippen LogP contribution in [0, 0.1) is 17.3 Å². The summed E-state index contributed by atoms with van der Waals surface area (Å²) in [5.74, 6) is 1.14. The van der Waals surface area contributed by atoms with E-state index in [9.17, 15) is 4.79 Å². The van der Waals surface area contributed by atoms with Crippen LogP contribution in [-0.4, -0.2) is 18.6 Å². The molecule has 0 radical (unpaired) electrons. The molecule has 2 N–H and O–H groups in total. The first-order valence-electron chi connectivity index (χ1n) is 7.25. The zero-order valence-corrected chi connectivity index (χ0v) is 12.4. The predicted molar refractivity (Wildman–Crippen MR) is 74.1 cm³/mol. The minimum absolute atomic E-state index is 0.0232. The number of rotatable bonds is 4. The van der Waals surface area contributed by atoms with Crippen LogP contribution in [0.5, 0.6) is 0 Å². The molecule has 0 amide bonds. The molecule has 0 aromatic carbocycles. The number of carbonyl (C=O) groups excluding carboxylic acids is 1. The Labute approximate surface area is 111 Å². The second-order valence-corrected chi connectivity index (χ2v) is 6.65. The van der Waals surface area contributed by atoms with E-state index in [1.165, 1.54) is 12.8 Å². The fourth-order valence-corrected chi connectivity index (χ4v) is 2.99. The van der Waals surface area contributed by atoms with E-state index < -0.39 is 0 Å². The number of ether oxygens (including phenoxy) is 1. The maximum absolute atomic E-state index is 11.4. The maximum Gasteiger partial charge on any atom is 0.307 e. The summed E-state index contributed by atoms with van der Waals surface area (Å²) in [6, 6.07) is -0.0232. The zero-order chi connectivity index (χ0) is 13.8.